The molecular formula is C29H35Br2N5O4S2. The molecule has 0 fully saturated rings. The van der Waals surface area contributed by atoms with Gasteiger partial charge in [0.05, 0.1) is 16.3 Å². The second-order valence-electron chi connectivity index (χ2n) is 9.44. The summed E-state index contributed by atoms with van der Waals surface area (Å²) in [6.07, 6.45) is 5.95. The lowest BCUT2D eigenvalue weighted by molar-refractivity contribution is -0.113. The summed E-state index contributed by atoms with van der Waals surface area (Å²) in [6, 6.07) is 7.07. The second kappa shape index (κ2) is 14.6. The van der Waals surface area contributed by atoms with Crippen LogP contribution in [0, 0.1) is 6.92 Å². The topological polar surface area (TPSA) is 129 Å². The first-order valence-electron chi connectivity index (χ1n) is 13.1. The third-order valence-corrected chi connectivity index (χ3v) is 15.8. The van der Waals surface area contributed by atoms with Crippen LogP contribution in [0.15, 0.2) is 66.0 Å². The number of carbonyl (C=O) groups excluding carboxylic acids is 3. The van der Waals surface area contributed by atoms with Crippen LogP contribution in [-0.4, -0.2) is 53.5 Å². The minimum Gasteiger partial charge on any atom is -0.388 e. The molecule has 0 radical (unpaired) electrons. The Morgan fingerprint density at radius 2 is 1.64 bits per heavy atom. The molecule has 1 aliphatic rings. The number of rotatable bonds is 11. The van der Waals surface area contributed by atoms with E-state index < -0.39 is 29.8 Å². The van der Waals surface area contributed by atoms with Crippen LogP contribution in [0.25, 0.3) is 0 Å². The molecule has 0 saturated carbocycles. The van der Waals surface area contributed by atoms with Gasteiger partial charge < -0.3 is 21.3 Å². The van der Waals surface area contributed by atoms with Crippen LogP contribution in [0.2, 0.25) is 0 Å². The Morgan fingerprint density at radius 3 is 2.17 bits per heavy atom. The van der Waals surface area contributed by atoms with Crippen LogP contribution >= 0.6 is 31.9 Å². The molecule has 13 heteroatoms. The summed E-state index contributed by atoms with van der Waals surface area (Å²) in [5.41, 5.74) is 4.02. The fraction of sp³-hybridized carbons (Fsp3) is 0.310. The Labute approximate surface area is 266 Å². The van der Waals surface area contributed by atoms with E-state index in [1.165, 1.54) is 12.3 Å². The molecule has 0 bridgehead atoms. The number of nitrogens with zero attached hydrogens (tertiary/aromatic N) is 1. The summed E-state index contributed by atoms with van der Waals surface area (Å²) < 4.78 is 15.3. The maximum atomic E-state index is 14.0. The first kappa shape index (κ1) is 33.8. The molecular weight excluding hydrogens is 706 g/mol. The molecule has 0 aliphatic carbocycles. The zero-order valence-electron chi connectivity index (χ0n) is 24.3. The second-order valence-corrected chi connectivity index (χ2v) is 18.2. The first-order valence-corrected chi connectivity index (χ1v) is 18.7. The lowest BCUT2D eigenvalue weighted by Crippen LogP contribution is -2.31. The molecule has 0 saturated heterocycles. The fourth-order valence-electron chi connectivity index (χ4n) is 4.29. The molecule has 3 amide bonds. The van der Waals surface area contributed by atoms with Gasteiger partial charge >= 0.3 is 0 Å². The van der Waals surface area contributed by atoms with Crippen LogP contribution in [0.3, 0.4) is 0 Å². The zero-order valence-corrected chi connectivity index (χ0v) is 29.1. The number of amides is 3. The number of halogens is 2. The van der Waals surface area contributed by atoms with Crippen molar-refractivity contribution < 1.29 is 18.6 Å². The molecule has 0 aromatic heterocycles. The van der Waals surface area contributed by atoms with Gasteiger partial charge in [-0.15, -0.1) is 9.45 Å². The summed E-state index contributed by atoms with van der Waals surface area (Å²) in [4.78, 5) is 43.4. The van der Waals surface area contributed by atoms with Gasteiger partial charge in [-0.2, -0.15) is 0 Å². The van der Waals surface area contributed by atoms with Crippen molar-refractivity contribution >= 4 is 97.0 Å². The molecule has 226 valence electrons. The summed E-state index contributed by atoms with van der Waals surface area (Å²) in [5.74, 6) is 0.309. The molecule has 2 aromatic rings. The smallest absolute Gasteiger partial charge is 0.274 e. The summed E-state index contributed by atoms with van der Waals surface area (Å²) in [7, 11) is -1.10. The van der Waals surface area contributed by atoms with Gasteiger partial charge in [-0.25, -0.2) is 0 Å². The highest BCUT2D eigenvalue weighted by Gasteiger charge is 2.30. The number of hydrogen-bond donors (Lipinski definition) is 4. The predicted molar refractivity (Wildman–Crippen MR) is 184 cm³/mol. The minimum absolute atomic E-state index is 0.0404. The summed E-state index contributed by atoms with van der Waals surface area (Å²) in [5, 5.41) is 11.6. The molecule has 1 heterocycles. The number of hydrogen-bond acceptors (Lipinski definition) is 6. The van der Waals surface area contributed by atoms with Gasteiger partial charge in [0.2, 0.25) is 6.41 Å². The van der Waals surface area contributed by atoms with Crippen molar-refractivity contribution in [1.29, 1.82) is 0 Å². The van der Waals surface area contributed by atoms with E-state index >= 15 is 0 Å². The number of allylic oxidation sites excluding steroid dienone is 1. The van der Waals surface area contributed by atoms with Gasteiger partial charge in [0.25, 0.3) is 11.8 Å². The Hall–Kier alpha value is -2.74. The van der Waals surface area contributed by atoms with E-state index in [2.05, 4.69) is 58.1 Å². The Kier molecular flexibility index (Phi) is 11.8. The molecule has 4 N–H and O–H groups in total. The predicted octanol–water partition coefficient (Wildman–Crippen LogP) is 6.23. The first-order chi connectivity index (χ1) is 19.9. The number of carbonyl (C=O) groups is 3. The standard InChI is InChI=1S/C29H35Br2N5O4S2/c1-7-17(3)21(15-26(33-8-2)29(39)35-23-12-19(30)11-22(32-5)18(23)4)28(38)36-25-14-20(31)13-24(34-16-37)27(25)42(40)10-9-41(42)6/h8,11-16,32H,7,9-10H2,1-6H3,(H,34,37)(H,35,39)(H,36,38)/b21-17-,26-15-,33-8?. The Balaban J connectivity index is 2.08. The average Bonchev–Trinajstić information content (AvgIpc) is 2.95. The van der Waals surface area contributed by atoms with E-state index in [0.29, 0.717) is 45.0 Å². The van der Waals surface area contributed by atoms with Crippen molar-refractivity contribution in [2.24, 2.45) is 4.99 Å². The fourth-order valence-corrected chi connectivity index (χ4v) is 11.2. The lowest BCUT2D eigenvalue weighted by Gasteiger charge is -2.28. The van der Waals surface area contributed by atoms with Gasteiger partial charge in [-0.3, -0.25) is 23.6 Å². The molecule has 0 spiro atoms. The van der Waals surface area contributed by atoms with E-state index in [1.807, 2.05) is 33.1 Å². The van der Waals surface area contributed by atoms with E-state index in [9.17, 15) is 18.6 Å². The number of benzene rings is 2. The van der Waals surface area contributed by atoms with Crippen molar-refractivity contribution in [2.45, 2.75) is 39.0 Å². The van der Waals surface area contributed by atoms with Gasteiger partial charge in [0, 0.05) is 59.2 Å². The molecule has 9 nitrogen and oxygen atoms in total. The van der Waals surface area contributed by atoms with Crippen LogP contribution in [0.1, 0.15) is 32.8 Å². The number of anilines is 4. The third kappa shape index (κ3) is 7.42. The van der Waals surface area contributed by atoms with Crippen LogP contribution in [-0.2, 0) is 32.3 Å². The van der Waals surface area contributed by atoms with Crippen molar-refractivity contribution in [3.05, 3.63) is 61.7 Å². The minimum atomic E-state index is -2.49. The highest BCUT2D eigenvalue weighted by molar-refractivity contribution is 9.10. The number of nitrogens with one attached hydrogen (secondary N) is 4. The van der Waals surface area contributed by atoms with E-state index in [-0.39, 0.29) is 11.3 Å². The van der Waals surface area contributed by atoms with Crippen molar-refractivity contribution in [2.75, 3.05) is 46.1 Å². The highest BCUT2D eigenvalue weighted by atomic mass is 79.9. The normalized spacial score (nSPS) is 19.0. The van der Waals surface area contributed by atoms with Crippen molar-refractivity contribution in [3.8, 4) is 0 Å². The van der Waals surface area contributed by atoms with Gasteiger partial charge in [0.1, 0.15) is 5.70 Å². The summed E-state index contributed by atoms with van der Waals surface area (Å²) >= 11 is 6.91. The Morgan fingerprint density at radius 1 is 1.05 bits per heavy atom. The maximum absolute atomic E-state index is 14.0. The molecule has 2 atom stereocenters. The third-order valence-electron chi connectivity index (χ3n) is 6.83. The molecule has 42 heavy (non-hydrogen) atoms. The zero-order chi connectivity index (χ0) is 31.2. The van der Waals surface area contributed by atoms with Crippen molar-refractivity contribution in [3.63, 3.8) is 0 Å². The van der Waals surface area contributed by atoms with E-state index in [4.69, 9.17) is 0 Å². The quantitative estimate of drug-likeness (QED) is 0.0941. The van der Waals surface area contributed by atoms with Gasteiger partial charge in [-0.05, 0) is 69.4 Å². The SMILES string of the molecule is CC=N/C(=C\C(C(=O)Nc1cc(Br)cc(NC=O)c1S1(=O)=S(C)CC1)=C(/C)CC)C(=O)Nc1cc(Br)cc(NC)c1C. The maximum Gasteiger partial charge on any atom is 0.274 e. The van der Waals surface area contributed by atoms with Crippen LogP contribution < -0.4 is 21.3 Å². The molecule has 2 aromatic carbocycles. The van der Waals surface area contributed by atoms with Crippen molar-refractivity contribution in [1.82, 2.24) is 0 Å². The van der Waals surface area contributed by atoms with Crippen LogP contribution in [0.4, 0.5) is 22.7 Å². The monoisotopic (exact) mass is 739 g/mol. The van der Waals surface area contributed by atoms with Crippen LogP contribution in [0.5, 0.6) is 0 Å². The largest absolute Gasteiger partial charge is 0.388 e. The number of aliphatic imine (C=N–C) groups is 1. The molecule has 1 aliphatic heterocycles. The van der Waals surface area contributed by atoms with E-state index in [1.54, 1.807) is 32.2 Å². The van der Waals surface area contributed by atoms with Gasteiger partial charge in [-0.1, -0.05) is 44.4 Å². The summed E-state index contributed by atoms with van der Waals surface area (Å²) in [6.45, 7) is 7.30. The molecule has 3 rings (SSSR count). The average molecular weight is 742 g/mol. The Bertz CT molecular complexity index is 1660. The van der Waals surface area contributed by atoms with Gasteiger partial charge in [0.15, 0.2) is 0 Å². The molecule has 2 unspecified atom stereocenters. The lowest BCUT2D eigenvalue weighted by atomic mass is 10.0. The van der Waals surface area contributed by atoms with E-state index in [0.717, 1.165) is 27.0 Å². The highest BCUT2D eigenvalue weighted by Crippen LogP contribution is 2.38.